The lowest BCUT2D eigenvalue weighted by molar-refractivity contribution is -0.120. The molecule has 23 heavy (non-hydrogen) atoms. The standard InChI is InChI=1S/C17H14ClFN2O2/c18-9-4-6-14-13(8-9)21-15(22)7-5-12(20)16(21)10-2-1-3-11(19)17(10)23-14/h1-4,6,8,12,16H,5,7,20H2/t12-,16+/m1/s1. The summed E-state index contributed by atoms with van der Waals surface area (Å²) in [7, 11) is 0. The van der Waals surface area contributed by atoms with Crippen LogP contribution < -0.4 is 15.4 Å². The molecule has 4 nitrogen and oxygen atoms in total. The molecule has 2 aromatic rings. The van der Waals surface area contributed by atoms with Crippen LogP contribution in [0.25, 0.3) is 0 Å². The first-order chi connectivity index (χ1) is 11.1. The Morgan fingerprint density at radius 2 is 2.13 bits per heavy atom. The predicted molar refractivity (Wildman–Crippen MR) is 85.4 cm³/mol. The van der Waals surface area contributed by atoms with Crippen molar-refractivity contribution in [1.29, 1.82) is 0 Å². The van der Waals surface area contributed by atoms with Gasteiger partial charge in [0.1, 0.15) is 0 Å². The van der Waals surface area contributed by atoms with E-state index in [1.54, 1.807) is 35.2 Å². The van der Waals surface area contributed by atoms with Crippen molar-refractivity contribution in [2.24, 2.45) is 5.73 Å². The van der Waals surface area contributed by atoms with E-state index < -0.39 is 11.9 Å². The van der Waals surface area contributed by atoms with Crippen LogP contribution in [0.3, 0.4) is 0 Å². The highest BCUT2D eigenvalue weighted by atomic mass is 35.5. The Balaban J connectivity index is 2.02. The van der Waals surface area contributed by atoms with Crippen molar-refractivity contribution in [3.05, 3.63) is 52.8 Å². The number of carbonyl (C=O) groups excluding carboxylic acids is 1. The third-order valence-electron chi connectivity index (χ3n) is 4.35. The monoisotopic (exact) mass is 332 g/mol. The van der Waals surface area contributed by atoms with Crippen molar-refractivity contribution in [2.45, 2.75) is 24.9 Å². The van der Waals surface area contributed by atoms with Gasteiger partial charge >= 0.3 is 0 Å². The maximum Gasteiger partial charge on any atom is 0.227 e. The van der Waals surface area contributed by atoms with Crippen LogP contribution in [0, 0.1) is 5.82 Å². The van der Waals surface area contributed by atoms with E-state index in [9.17, 15) is 9.18 Å². The second-order valence-corrected chi connectivity index (χ2v) is 6.22. The van der Waals surface area contributed by atoms with E-state index in [2.05, 4.69) is 0 Å². The Morgan fingerprint density at radius 3 is 2.96 bits per heavy atom. The van der Waals surface area contributed by atoms with Gasteiger partial charge in [0.25, 0.3) is 0 Å². The number of amides is 1. The lowest BCUT2D eigenvalue weighted by atomic mass is 9.89. The van der Waals surface area contributed by atoms with Gasteiger partial charge in [-0.1, -0.05) is 23.7 Å². The summed E-state index contributed by atoms with van der Waals surface area (Å²) in [5.74, 6) is -0.0316. The fourth-order valence-corrected chi connectivity index (χ4v) is 3.48. The molecule has 2 aromatic carbocycles. The smallest absolute Gasteiger partial charge is 0.227 e. The molecule has 1 amide bonds. The van der Waals surface area contributed by atoms with E-state index in [-0.39, 0.29) is 17.7 Å². The first kappa shape index (κ1) is 14.5. The molecule has 0 aromatic heterocycles. The summed E-state index contributed by atoms with van der Waals surface area (Å²) in [6, 6.07) is 8.86. The van der Waals surface area contributed by atoms with Crippen molar-refractivity contribution in [1.82, 2.24) is 0 Å². The molecule has 2 aliphatic rings. The first-order valence-corrected chi connectivity index (χ1v) is 7.77. The van der Waals surface area contributed by atoms with E-state index >= 15 is 0 Å². The Hall–Kier alpha value is -2.11. The molecule has 4 rings (SSSR count). The van der Waals surface area contributed by atoms with Gasteiger partial charge in [-0.05, 0) is 30.7 Å². The minimum Gasteiger partial charge on any atom is -0.452 e. The van der Waals surface area contributed by atoms with Crippen LogP contribution in [0.15, 0.2) is 36.4 Å². The van der Waals surface area contributed by atoms with Gasteiger partial charge in [0.15, 0.2) is 17.3 Å². The van der Waals surface area contributed by atoms with Crippen LogP contribution >= 0.6 is 11.6 Å². The van der Waals surface area contributed by atoms with Gasteiger partial charge < -0.3 is 10.5 Å². The number of carbonyl (C=O) groups is 1. The molecule has 6 heteroatoms. The van der Waals surface area contributed by atoms with Crippen LogP contribution in [0.4, 0.5) is 10.1 Å². The highest BCUT2D eigenvalue weighted by Crippen LogP contribution is 2.48. The van der Waals surface area contributed by atoms with E-state index in [1.165, 1.54) is 6.07 Å². The Bertz CT molecular complexity index is 811. The zero-order chi connectivity index (χ0) is 16.1. The average molecular weight is 333 g/mol. The molecular formula is C17H14ClFN2O2. The summed E-state index contributed by atoms with van der Waals surface area (Å²) >= 11 is 6.09. The number of nitrogens with two attached hydrogens (primary N) is 1. The molecule has 0 radical (unpaired) electrons. The number of benzene rings is 2. The van der Waals surface area contributed by atoms with E-state index in [1.807, 2.05) is 0 Å². The lowest BCUT2D eigenvalue weighted by Gasteiger charge is -2.38. The predicted octanol–water partition coefficient (Wildman–Crippen LogP) is 3.78. The van der Waals surface area contributed by atoms with Crippen molar-refractivity contribution >= 4 is 23.2 Å². The highest BCUT2D eigenvalue weighted by molar-refractivity contribution is 6.31. The molecule has 2 atom stereocenters. The minimum atomic E-state index is -0.476. The van der Waals surface area contributed by atoms with Crippen molar-refractivity contribution in [2.75, 3.05) is 4.90 Å². The zero-order valence-electron chi connectivity index (χ0n) is 12.1. The number of hydrogen-bond donors (Lipinski definition) is 1. The quantitative estimate of drug-likeness (QED) is 0.798. The maximum absolute atomic E-state index is 14.3. The summed E-state index contributed by atoms with van der Waals surface area (Å²) in [6.45, 7) is 0. The molecule has 2 aliphatic heterocycles. The summed E-state index contributed by atoms with van der Waals surface area (Å²) in [5.41, 5.74) is 7.38. The second kappa shape index (κ2) is 5.22. The molecule has 118 valence electrons. The van der Waals surface area contributed by atoms with Crippen LogP contribution in [-0.4, -0.2) is 11.9 Å². The number of halogens is 2. The molecule has 0 saturated carbocycles. The summed E-state index contributed by atoms with van der Waals surface area (Å²) in [4.78, 5) is 14.2. The van der Waals surface area contributed by atoms with Crippen LogP contribution in [-0.2, 0) is 4.79 Å². The summed E-state index contributed by atoms with van der Waals surface area (Å²) in [5, 5.41) is 0.476. The molecule has 0 aliphatic carbocycles. The lowest BCUT2D eigenvalue weighted by Crippen LogP contribution is -2.48. The van der Waals surface area contributed by atoms with Crippen molar-refractivity contribution < 1.29 is 13.9 Å². The minimum absolute atomic E-state index is 0.0686. The Morgan fingerprint density at radius 1 is 1.30 bits per heavy atom. The molecule has 0 unspecified atom stereocenters. The van der Waals surface area contributed by atoms with Crippen LogP contribution in [0.2, 0.25) is 5.02 Å². The fourth-order valence-electron chi connectivity index (χ4n) is 3.31. The molecule has 0 bridgehead atoms. The normalized spacial score (nSPS) is 22.6. The molecule has 1 fully saturated rings. The fraction of sp³-hybridized carbons (Fsp3) is 0.235. The Kier molecular flexibility index (Phi) is 3.28. The number of rotatable bonds is 0. The van der Waals surface area contributed by atoms with Gasteiger partial charge in [0, 0.05) is 23.0 Å². The molecular weight excluding hydrogens is 319 g/mol. The van der Waals surface area contributed by atoms with Crippen LogP contribution in [0.5, 0.6) is 11.5 Å². The zero-order valence-corrected chi connectivity index (χ0v) is 12.9. The van der Waals surface area contributed by atoms with Crippen molar-refractivity contribution in [3.63, 3.8) is 0 Å². The molecule has 2 heterocycles. The number of ether oxygens (including phenoxy) is 1. The van der Waals surface area contributed by atoms with Gasteiger partial charge in [0.05, 0.1) is 11.7 Å². The highest BCUT2D eigenvalue weighted by Gasteiger charge is 2.41. The number of nitrogens with zero attached hydrogens (tertiary/aromatic N) is 1. The van der Waals surface area contributed by atoms with Gasteiger partial charge in [-0.15, -0.1) is 0 Å². The number of para-hydroxylation sites is 1. The third-order valence-corrected chi connectivity index (χ3v) is 4.59. The SMILES string of the molecule is N[C@@H]1CCC(=O)N2c3cc(Cl)ccc3Oc3c(F)cccc3[C@@H]12. The van der Waals surface area contributed by atoms with E-state index in [0.717, 1.165) is 0 Å². The number of fused-ring (bicyclic) bond motifs is 5. The number of piperidine rings is 1. The van der Waals surface area contributed by atoms with Gasteiger partial charge in [0.2, 0.25) is 5.91 Å². The number of hydrogen-bond acceptors (Lipinski definition) is 3. The van der Waals surface area contributed by atoms with Gasteiger partial charge in [-0.25, -0.2) is 4.39 Å². The average Bonchev–Trinajstić information content (AvgIpc) is 2.67. The van der Waals surface area contributed by atoms with Crippen LogP contribution in [0.1, 0.15) is 24.4 Å². The molecule has 2 N–H and O–H groups in total. The molecule has 1 saturated heterocycles. The van der Waals surface area contributed by atoms with Gasteiger partial charge in [-0.3, -0.25) is 9.69 Å². The largest absolute Gasteiger partial charge is 0.452 e. The van der Waals surface area contributed by atoms with E-state index in [0.29, 0.717) is 34.9 Å². The summed E-state index contributed by atoms with van der Waals surface area (Å²) < 4.78 is 20.1. The third kappa shape index (κ3) is 2.19. The maximum atomic E-state index is 14.3. The van der Waals surface area contributed by atoms with Gasteiger partial charge in [-0.2, -0.15) is 0 Å². The Labute approximate surface area is 137 Å². The van der Waals surface area contributed by atoms with Crippen molar-refractivity contribution in [3.8, 4) is 11.5 Å². The van der Waals surface area contributed by atoms with E-state index in [4.69, 9.17) is 22.1 Å². The second-order valence-electron chi connectivity index (χ2n) is 5.78. The first-order valence-electron chi connectivity index (χ1n) is 7.39. The molecule has 0 spiro atoms. The summed E-state index contributed by atoms with van der Waals surface area (Å²) in [6.07, 6.45) is 0.889. The topological polar surface area (TPSA) is 55.6 Å². The number of anilines is 1.